The van der Waals surface area contributed by atoms with E-state index < -0.39 is 16.1 Å². The first-order chi connectivity index (χ1) is 18.3. The Bertz CT molecular complexity index is 1270. The molecular weight excluding hydrogens is 526 g/mol. The molecule has 2 heterocycles. The summed E-state index contributed by atoms with van der Waals surface area (Å²) in [6.45, 7) is 2.35. The minimum Gasteiger partial charge on any atom is -0.508 e. The topological polar surface area (TPSA) is 128 Å². The molecule has 1 aliphatic heterocycles. The largest absolute Gasteiger partial charge is 0.508 e. The molecule has 11 heteroatoms. The number of sulfonamides is 1. The number of aliphatic hydroxyl groups excluding tert-OH is 1. The number of amides is 1. The maximum Gasteiger partial charge on any atom is 0.252 e. The van der Waals surface area contributed by atoms with E-state index in [9.17, 15) is 23.4 Å². The number of hydrogen-bond acceptors (Lipinski definition) is 8. The van der Waals surface area contributed by atoms with Crippen molar-refractivity contribution >= 4 is 27.3 Å². The van der Waals surface area contributed by atoms with Crippen LogP contribution >= 0.6 is 11.3 Å². The zero-order valence-corrected chi connectivity index (χ0v) is 22.6. The number of ether oxygens (including phenoxy) is 1. The Labute approximate surface area is 227 Å². The molecule has 1 amide bonds. The van der Waals surface area contributed by atoms with Crippen LogP contribution in [0.5, 0.6) is 11.5 Å². The summed E-state index contributed by atoms with van der Waals surface area (Å²) in [5.74, 6) is 0.850. The lowest BCUT2D eigenvalue weighted by atomic mass is 9.98. The van der Waals surface area contributed by atoms with Crippen molar-refractivity contribution in [2.45, 2.75) is 29.7 Å². The molecule has 0 bridgehead atoms. The number of benzene rings is 2. The number of carbonyl (C=O) groups is 1. The van der Waals surface area contributed by atoms with Crippen LogP contribution < -0.4 is 15.4 Å². The molecule has 1 aromatic heterocycles. The molecule has 4 rings (SSSR count). The van der Waals surface area contributed by atoms with Crippen molar-refractivity contribution in [1.29, 1.82) is 0 Å². The quantitative estimate of drug-likeness (QED) is 0.269. The lowest BCUT2D eigenvalue weighted by Gasteiger charge is -2.31. The molecule has 2 aromatic carbocycles. The minimum atomic E-state index is -3.58. The third-order valence-corrected chi connectivity index (χ3v) is 9.81. The van der Waals surface area contributed by atoms with E-state index in [2.05, 4.69) is 10.6 Å². The van der Waals surface area contributed by atoms with Crippen molar-refractivity contribution in [3.05, 3.63) is 77.2 Å². The molecule has 1 fully saturated rings. The lowest BCUT2D eigenvalue weighted by molar-refractivity contribution is 0.0951. The molecule has 38 heavy (non-hydrogen) atoms. The van der Waals surface area contributed by atoms with Crippen molar-refractivity contribution in [3.63, 3.8) is 0 Å². The second kappa shape index (κ2) is 13.2. The summed E-state index contributed by atoms with van der Waals surface area (Å²) < 4.78 is 33.6. The average molecular weight is 560 g/mol. The standard InChI is InChI=1S/C27H33N3O6S2/c31-22-6-8-24(9-7-22)36-19-23(32)17-28-16-20-12-14-30(15-13-20)38(34,35)26-11-10-25(37-26)18-29-27(33)21-4-2-1-3-5-21/h1-11,20,23,28,31-32H,12-19H2,(H,29,33)/t23-/m0/s1. The molecule has 0 radical (unpaired) electrons. The number of carbonyl (C=O) groups excluding carboxylic acids is 1. The van der Waals surface area contributed by atoms with E-state index in [0.29, 0.717) is 43.4 Å². The van der Waals surface area contributed by atoms with E-state index in [4.69, 9.17) is 4.74 Å². The summed E-state index contributed by atoms with van der Waals surface area (Å²) in [7, 11) is -3.58. The van der Waals surface area contributed by atoms with Crippen LogP contribution in [0.3, 0.4) is 0 Å². The van der Waals surface area contributed by atoms with Crippen LogP contribution in [0.4, 0.5) is 0 Å². The number of phenolic OH excluding ortho intramolecular Hbond substituents is 1. The molecule has 1 aliphatic rings. The van der Waals surface area contributed by atoms with Gasteiger partial charge in [-0.3, -0.25) is 4.79 Å². The lowest BCUT2D eigenvalue weighted by Crippen LogP contribution is -2.41. The number of aromatic hydroxyl groups is 1. The Morgan fingerprint density at radius 1 is 1.05 bits per heavy atom. The van der Waals surface area contributed by atoms with Crippen LogP contribution in [0, 0.1) is 5.92 Å². The third kappa shape index (κ3) is 7.78. The Kier molecular flexibility index (Phi) is 9.75. The third-order valence-electron chi connectivity index (χ3n) is 6.36. The van der Waals surface area contributed by atoms with E-state index in [1.54, 1.807) is 48.5 Å². The van der Waals surface area contributed by atoms with Crippen LogP contribution in [-0.4, -0.2) is 67.7 Å². The van der Waals surface area contributed by atoms with Crippen molar-refractivity contribution in [2.75, 3.05) is 32.8 Å². The number of phenols is 1. The number of piperidine rings is 1. The Morgan fingerprint density at radius 3 is 2.47 bits per heavy atom. The fraction of sp³-hybridized carbons (Fsp3) is 0.370. The summed E-state index contributed by atoms with van der Waals surface area (Å²) in [5, 5.41) is 25.5. The molecule has 0 unspecified atom stereocenters. The van der Waals surface area contributed by atoms with Crippen molar-refractivity contribution < 1.29 is 28.2 Å². The summed E-state index contributed by atoms with van der Waals surface area (Å²) in [4.78, 5) is 13.0. The molecule has 4 N–H and O–H groups in total. The number of nitrogens with zero attached hydrogens (tertiary/aromatic N) is 1. The van der Waals surface area contributed by atoms with E-state index in [1.807, 2.05) is 6.07 Å². The number of nitrogens with one attached hydrogen (secondary N) is 2. The second-order valence-electron chi connectivity index (χ2n) is 9.23. The zero-order valence-electron chi connectivity index (χ0n) is 21.0. The minimum absolute atomic E-state index is 0.132. The molecule has 0 saturated carbocycles. The Hall–Kier alpha value is -2.96. The van der Waals surface area contributed by atoms with E-state index in [0.717, 1.165) is 17.7 Å². The first-order valence-corrected chi connectivity index (χ1v) is 14.8. The highest BCUT2D eigenvalue weighted by atomic mass is 32.2. The van der Waals surface area contributed by atoms with E-state index in [1.165, 1.54) is 27.8 Å². The smallest absolute Gasteiger partial charge is 0.252 e. The number of rotatable bonds is 12. The SMILES string of the molecule is O=C(NCc1ccc(S(=O)(=O)N2CCC(CNC[C@H](O)COc3ccc(O)cc3)CC2)s1)c1ccccc1. The molecule has 3 aromatic rings. The fourth-order valence-electron chi connectivity index (χ4n) is 4.18. The highest BCUT2D eigenvalue weighted by Gasteiger charge is 2.30. The fourth-order valence-corrected chi connectivity index (χ4v) is 7.10. The van der Waals surface area contributed by atoms with Crippen LogP contribution in [0.2, 0.25) is 0 Å². The molecule has 1 atom stereocenters. The van der Waals surface area contributed by atoms with Gasteiger partial charge in [0, 0.05) is 30.1 Å². The van der Waals surface area contributed by atoms with E-state index in [-0.39, 0.29) is 29.0 Å². The van der Waals surface area contributed by atoms with Gasteiger partial charge in [0.15, 0.2) is 0 Å². The van der Waals surface area contributed by atoms with Crippen LogP contribution in [0.25, 0.3) is 0 Å². The van der Waals surface area contributed by atoms with Gasteiger partial charge in [0.25, 0.3) is 15.9 Å². The van der Waals surface area contributed by atoms with Gasteiger partial charge in [-0.1, -0.05) is 18.2 Å². The normalized spacial score (nSPS) is 15.7. The molecule has 1 saturated heterocycles. The van der Waals surface area contributed by atoms with Crippen LogP contribution in [-0.2, 0) is 16.6 Å². The molecule has 204 valence electrons. The van der Waals surface area contributed by atoms with Gasteiger partial charge in [0.05, 0.1) is 6.54 Å². The number of thiophene rings is 1. The van der Waals surface area contributed by atoms with Crippen molar-refractivity contribution in [3.8, 4) is 11.5 Å². The highest BCUT2D eigenvalue weighted by Crippen LogP contribution is 2.28. The Balaban J connectivity index is 1.17. The number of hydrogen-bond donors (Lipinski definition) is 4. The van der Waals surface area contributed by atoms with Crippen LogP contribution in [0.15, 0.2) is 70.9 Å². The first-order valence-electron chi connectivity index (χ1n) is 12.5. The predicted octanol–water partition coefficient (Wildman–Crippen LogP) is 2.81. The summed E-state index contributed by atoms with van der Waals surface area (Å²) >= 11 is 1.18. The monoisotopic (exact) mass is 559 g/mol. The molecular formula is C27H33N3O6S2. The summed E-state index contributed by atoms with van der Waals surface area (Å²) in [5.41, 5.74) is 0.561. The maximum absolute atomic E-state index is 13.2. The maximum atomic E-state index is 13.2. The van der Waals surface area contributed by atoms with E-state index >= 15 is 0 Å². The van der Waals surface area contributed by atoms with Crippen molar-refractivity contribution in [2.24, 2.45) is 5.92 Å². The average Bonchev–Trinajstić information content (AvgIpc) is 3.42. The molecule has 0 aliphatic carbocycles. The number of aliphatic hydroxyl groups is 1. The molecule has 9 nitrogen and oxygen atoms in total. The van der Waals surface area contributed by atoms with Crippen molar-refractivity contribution in [1.82, 2.24) is 14.9 Å². The first kappa shape index (κ1) is 28.1. The predicted molar refractivity (Wildman–Crippen MR) is 146 cm³/mol. The van der Waals surface area contributed by atoms with Gasteiger partial charge in [-0.2, -0.15) is 4.31 Å². The Morgan fingerprint density at radius 2 is 1.76 bits per heavy atom. The summed E-state index contributed by atoms with van der Waals surface area (Å²) in [6, 6.07) is 18.6. The van der Waals surface area contributed by atoms with Gasteiger partial charge in [-0.25, -0.2) is 8.42 Å². The van der Waals surface area contributed by atoms with Gasteiger partial charge >= 0.3 is 0 Å². The highest BCUT2D eigenvalue weighted by molar-refractivity contribution is 7.91. The van der Waals surface area contributed by atoms with Gasteiger partial charge in [-0.15, -0.1) is 11.3 Å². The molecule has 0 spiro atoms. The van der Waals surface area contributed by atoms with Gasteiger partial charge in [0.1, 0.15) is 28.4 Å². The summed E-state index contributed by atoms with van der Waals surface area (Å²) in [6.07, 6.45) is 0.782. The second-order valence-corrected chi connectivity index (χ2v) is 12.6. The van der Waals surface area contributed by atoms with Gasteiger partial charge < -0.3 is 25.6 Å². The van der Waals surface area contributed by atoms with Crippen LogP contribution in [0.1, 0.15) is 28.1 Å². The van der Waals surface area contributed by atoms with Gasteiger partial charge in [0.2, 0.25) is 0 Å². The zero-order chi connectivity index (χ0) is 27.0. The van der Waals surface area contributed by atoms with Gasteiger partial charge in [-0.05, 0) is 73.8 Å².